The minimum Gasteiger partial charge on any atom is -0.383 e. The third-order valence-corrected chi connectivity index (χ3v) is 1.79. The monoisotopic (exact) mass is 151 g/mol. The summed E-state index contributed by atoms with van der Waals surface area (Å²) in [5.41, 5.74) is 7.72. The SMILES string of the molecule is CC=C(C)n1cnc(C)c1N. The Bertz CT molecular complexity index is 284. The number of allylic oxidation sites excluding steroid dienone is 2. The van der Waals surface area contributed by atoms with Crippen LogP contribution in [0.4, 0.5) is 5.82 Å². The summed E-state index contributed by atoms with van der Waals surface area (Å²) in [6.45, 7) is 5.87. The fourth-order valence-electron chi connectivity index (χ4n) is 0.867. The summed E-state index contributed by atoms with van der Waals surface area (Å²) < 4.78 is 1.87. The Hall–Kier alpha value is -1.25. The van der Waals surface area contributed by atoms with E-state index in [1.165, 1.54) is 0 Å². The van der Waals surface area contributed by atoms with Crippen LogP contribution in [0.15, 0.2) is 12.4 Å². The van der Waals surface area contributed by atoms with E-state index in [9.17, 15) is 0 Å². The zero-order chi connectivity index (χ0) is 8.43. The molecule has 3 nitrogen and oxygen atoms in total. The highest BCUT2D eigenvalue weighted by Crippen LogP contribution is 2.13. The quantitative estimate of drug-likeness (QED) is 0.663. The molecule has 1 aromatic heterocycles. The van der Waals surface area contributed by atoms with Gasteiger partial charge in [0.2, 0.25) is 0 Å². The van der Waals surface area contributed by atoms with Crippen LogP contribution in [-0.2, 0) is 0 Å². The van der Waals surface area contributed by atoms with Gasteiger partial charge in [0.25, 0.3) is 0 Å². The number of hydrogen-bond acceptors (Lipinski definition) is 2. The van der Waals surface area contributed by atoms with Crippen LogP contribution in [-0.4, -0.2) is 9.55 Å². The van der Waals surface area contributed by atoms with Crippen molar-refractivity contribution in [1.82, 2.24) is 9.55 Å². The van der Waals surface area contributed by atoms with E-state index in [0.29, 0.717) is 0 Å². The lowest BCUT2D eigenvalue weighted by Crippen LogP contribution is -1.98. The van der Waals surface area contributed by atoms with E-state index in [0.717, 1.165) is 17.2 Å². The third-order valence-electron chi connectivity index (χ3n) is 1.79. The van der Waals surface area contributed by atoms with Crippen LogP contribution in [0.2, 0.25) is 0 Å². The van der Waals surface area contributed by atoms with Gasteiger partial charge in [-0.05, 0) is 20.8 Å². The molecule has 0 radical (unpaired) electrons. The van der Waals surface area contributed by atoms with Crippen molar-refractivity contribution >= 4 is 11.5 Å². The molecule has 0 saturated heterocycles. The van der Waals surface area contributed by atoms with E-state index in [4.69, 9.17) is 5.73 Å². The summed E-state index contributed by atoms with van der Waals surface area (Å²) in [6, 6.07) is 0. The molecule has 0 aromatic carbocycles. The van der Waals surface area contributed by atoms with Crippen molar-refractivity contribution in [2.75, 3.05) is 5.73 Å². The number of imidazole rings is 1. The van der Waals surface area contributed by atoms with E-state index in [1.807, 2.05) is 31.4 Å². The van der Waals surface area contributed by atoms with Gasteiger partial charge in [0.1, 0.15) is 12.1 Å². The zero-order valence-corrected chi connectivity index (χ0v) is 7.13. The van der Waals surface area contributed by atoms with Gasteiger partial charge in [0.05, 0.1) is 5.69 Å². The predicted octanol–water partition coefficient (Wildman–Crippen LogP) is 1.65. The predicted molar refractivity (Wildman–Crippen MR) is 47.0 cm³/mol. The lowest BCUT2D eigenvalue weighted by Gasteiger charge is -2.02. The van der Waals surface area contributed by atoms with Crippen molar-refractivity contribution in [2.24, 2.45) is 0 Å². The Labute approximate surface area is 66.5 Å². The number of aromatic nitrogens is 2. The maximum atomic E-state index is 5.74. The second-order valence-electron chi connectivity index (χ2n) is 2.52. The standard InChI is InChI=1S/C8H13N3/c1-4-6(2)11-5-10-7(3)8(11)9/h4-5H,9H2,1-3H3. The van der Waals surface area contributed by atoms with Gasteiger partial charge >= 0.3 is 0 Å². The molecule has 0 saturated carbocycles. The van der Waals surface area contributed by atoms with Crippen molar-refractivity contribution < 1.29 is 0 Å². The molecule has 1 rings (SSSR count). The topological polar surface area (TPSA) is 43.8 Å². The van der Waals surface area contributed by atoms with Crippen LogP contribution in [0.5, 0.6) is 0 Å². The van der Waals surface area contributed by atoms with E-state index >= 15 is 0 Å². The molecule has 3 heteroatoms. The third kappa shape index (κ3) is 1.27. The molecule has 2 N–H and O–H groups in total. The lowest BCUT2D eigenvalue weighted by molar-refractivity contribution is 1.08. The summed E-state index contributed by atoms with van der Waals surface area (Å²) in [6.07, 6.45) is 3.73. The van der Waals surface area contributed by atoms with Gasteiger partial charge in [-0.25, -0.2) is 4.98 Å². The molecular weight excluding hydrogens is 138 g/mol. The maximum Gasteiger partial charge on any atom is 0.130 e. The minimum absolute atomic E-state index is 0.723. The van der Waals surface area contributed by atoms with Gasteiger partial charge in [0, 0.05) is 5.70 Å². The molecule has 0 aliphatic carbocycles. The largest absolute Gasteiger partial charge is 0.383 e. The molecule has 0 spiro atoms. The first kappa shape index (κ1) is 7.85. The van der Waals surface area contributed by atoms with E-state index < -0.39 is 0 Å². The molecule has 0 unspecified atom stereocenters. The van der Waals surface area contributed by atoms with Crippen molar-refractivity contribution in [3.63, 3.8) is 0 Å². The minimum atomic E-state index is 0.723. The average Bonchev–Trinajstić information content (AvgIpc) is 2.32. The smallest absolute Gasteiger partial charge is 0.130 e. The van der Waals surface area contributed by atoms with Crippen LogP contribution in [0.3, 0.4) is 0 Å². The van der Waals surface area contributed by atoms with Crippen LogP contribution >= 0.6 is 0 Å². The highest BCUT2D eigenvalue weighted by molar-refractivity contribution is 5.52. The fourth-order valence-corrected chi connectivity index (χ4v) is 0.867. The number of nitrogens with zero attached hydrogens (tertiary/aromatic N) is 2. The molecule has 0 fully saturated rings. The average molecular weight is 151 g/mol. The second-order valence-corrected chi connectivity index (χ2v) is 2.52. The summed E-state index contributed by atoms with van der Waals surface area (Å²) in [4.78, 5) is 4.08. The van der Waals surface area contributed by atoms with E-state index in [1.54, 1.807) is 6.33 Å². The number of rotatable bonds is 1. The Balaban J connectivity index is 3.15. The number of hydrogen-bond donors (Lipinski definition) is 1. The van der Waals surface area contributed by atoms with E-state index in [-0.39, 0.29) is 0 Å². The van der Waals surface area contributed by atoms with Gasteiger partial charge in [-0.3, -0.25) is 4.57 Å². The molecule has 0 bridgehead atoms. The number of nitrogens with two attached hydrogens (primary N) is 1. The summed E-state index contributed by atoms with van der Waals surface area (Å²) in [7, 11) is 0. The first-order valence-corrected chi connectivity index (χ1v) is 3.59. The van der Waals surface area contributed by atoms with Crippen molar-refractivity contribution in [3.8, 4) is 0 Å². The maximum absolute atomic E-state index is 5.74. The molecule has 0 amide bonds. The highest BCUT2D eigenvalue weighted by atomic mass is 15.1. The molecule has 0 aliphatic heterocycles. The van der Waals surface area contributed by atoms with Crippen LogP contribution in [0.25, 0.3) is 5.70 Å². The number of aryl methyl sites for hydroxylation is 1. The Kier molecular flexibility index (Phi) is 1.98. The van der Waals surface area contributed by atoms with E-state index in [2.05, 4.69) is 4.98 Å². The molecule has 1 aromatic rings. The van der Waals surface area contributed by atoms with Gasteiger partial charge < -0.3 is 5.73 Å². The molecule has 11 heavy (non-hydrogen) atoms. The first-order chi connectivity index (χ1) is 5.16. The molecule has 0 atom stereocenters. The van der Waals surface area contributed by atoms with Crippen LogP contribution < -0.4 is 5.73 Å². The van der Waals surface area contributed by atoms with Crippen molar-refractivity contribution in [1.29, 1.82) is 0 Å². The highest BCUT2D eigenvalue weighted by Gasteiger charge is 2.01. The zero-order valence-electron chi connectivity index (χ0n) is 7.13. The van der Waals surface area contributed by atoms with Gasteiger partial charge in [-0.15, -0.1) is 0 Å². The number of nitrogen functional groups attached to an aromatic ring is 1. The van der Waals surface area contributed by atoms with Gasteiger partial charge in [-0.1, -0.05) is 6.08 Å². The molecule has 1 heterocycles. The van der Waals surface area contributed by atoms with Gasteiger partial charge in [0.15, 0.2) is 0 Å². The molecule has 0 aliphatic rings. The summed E-state index contributed by atoms with van der Waals surface area (Å²) in [5.74, 6) is 0.723. The van der Waals surface area contributed by atoms with Crippen molar-refractivity contribution in [2.45, 2.75) is 20.8 Å². The normalized spacial score (nSPS) is 12.1. The van der Waals surface area contributed by atoms with Crippen LogP contribution in [0, 0.1) is 6.92 Å². The fraction of sp³-hybridized carbons (Fsp3) is 0.375. The van der Waals surface area contributed by atoms with Crippen molar-refractivity contribution in [3.05, 3.63) is 18.1 Å². The van der Waals surface area contributed by atoms with Crippen LogP contribution in [0.1, 0.15) is 19.5 Å². The Morgan fingerprint density at radius 2 is 2.36 bits per heavy atom. The summed E-state index contributed by atoms with van der Waals surface area (Å²) in [5, 5.41) is 0. The lowest BCUT2D eigenvalue weighted by atomic mass is 10.4. The number of anilines is 1. The summed E-state index contributed by atoms with van der Waals surface area (Å²) >= 11 is 0. The Morgan fingerprint density at radius 1 is 1.73 bits per heavy atom. The molecular formula is C8H13N3. The van der Waals surface area contributed by atoms with Gasteiger partial charge in [-0.2, -0.15) is 0 Å². The second kappa shape index (κ2) is 2.78. The molecule has 60 valence electrons. The first-order valence-electron chi connectivity index (χ1n) is 3.59. The Morgan fingerprint density at radius 3 is 2.73 bits per heavy atom.